The fourth-order valence-electron chi connectivity index (χ4n) is 2.68. The summed E-state index contributed by atoms with van der Waals surface area (Å²) in [5, 5.41) is 8.87. The number of fused-ring (bicyclic) bond motifs is 1. The topological polar surface area (TPSA) is 58.1 Å². The van der Waals surface area contributed by atoms with Gasteiger partial charge in [-0.1, -0.05) is 37.3 Å². The van der Waals surface area contributed by atoms with Crippen LogP contribution in [0, 0.1) is 11.3 Å². The largest absolute Gasteiger partial charge is 0.312 e. The molecule has 1 aromatic heterocycles. The predicted molar refractivity (Wildman–Crippen MR) is 105 cm³/mol. The third-order valence-corrected chi connectivity index (χ3v) is 5.18. The molecule has 26 heavy (non-hydrogen) atoms. The van der Waals surface area contributed by atoms with E-state index in [2.05, 4.69) is 43.6 Å². The number of allylic oxidation sites excluding steroid dienone is 1. The maximum atomic E-state index is 12.5. The lowest BCUT2D eigenvalue weighted by Crippen LogP contribution is -2.16. The van der Waals surface area contributed by atoms with Crippen molar-refractivity contribution in [2.24, 2.45) is 4.99 Å². The van der Waals surface area contributed by atoms with Gasteiger partial charge in [-0.15, -0.1) is 6.58 Å². The smallest absolute Gasteiger partial charge is 0.279 e. The van der Waals surface area contributed by atoms with Gasteiger partial charge < -0.3 is 4.57 Å². The van der Waals surface area contributed by atoms with Crippen molar-refractivity contribution in [2.75, 3.05) is 0 Å². The first-order valence-corrected chi connectivity index (χ1v) is 9.18. The van der Waals surface area contributed by atoms with Crippen LogP contribution in [0.1, 0.15) is 41.3 Å². The summed E-state index contributed by atoms with van der Waals surface area (Å²) in [6, 6.07) is 14.9. The van der Waals surface area contributed by atoms with Crippen LogP contribution in [0.15, 0.2) is 60.1 Å². The fourth-order valence-corrected chi connectivity index (χ4v) is 3.76. The number of carbonyl (C=O) groups excluding carboxylic acids is 1. The number of rotatable bonds is 4. The van der Waals surface area contributed by atoms with Gasteiger partial charge in [-0.2, -0.15) is 10.3 Å². The first-order chi connectivity index (χ1) is 12.5. The van der Waals surface area contributed by atoms with Gasteiger partial charge in [0.1, 0.15) is 0 Å². The summed E-state index contributed by atoms with van der Waals surface area (Å²) >= 11 is 1.50. The Balaban J connectivity index is 2.10. The molecule has 0 aliphatic heterocycles. The summed E-state index contributed by atoms with van der Waals surface area (Å²) in [5.74, 6) is 0.123. The average molecular weight is 361 g/mol. The molecular weight excluding hydrogens is 342 g/mol. The Bertz CT molecular complexity index is 1080. The normalized spacial score (nSPS) is 11.7. The van der Waals surface area contributed by atoms with Gasteiger partial charge in [-0.25, -0.2) is 0 Å². The highest BCUT2D eigenvalue weighted by Crippen LogP contribution is 2.23. The molecule has 0 atom stereocenters. The summed E-state index contributed by atoms with van der Waals surface area (Å²) in [6.07, 6.45) is 1.80. The van der Waals surface area contributed by atoms with Crippen molar-refractivity contribution in [3.8, 4) is 6.07 Å². The molecule has 3 aromatic rings. The van der Waals surface area contributed by atoms with Crippen molar-refractivity contribution in [2.45, 2.75) is 26.3 Å². The minimum absolute atomic E-state index is 0.317. The van der Waals surface area contributed by atoms with Gasteiger partial charge >= 0.3 is 0 Å². The Morgan fingerprint density at radius 1 is 1.31 bits per heavy atom. The summed E-state index contributed by atoms with van der Waals surface area (Å²) in [5.41, 5.74) is 3.29. The predicted octanol–water partition coefficient (Wildman–Crippen LogP) is 4.62. The molecule has 1 amide bonds. The Labute approximate surface area is 156 Å². The van der Waals surface area contributed by atoms with E-state index in [0.29, 0.717) is 28.4 Å². The molecule has 3 rings (SSSR count). The molecule has 4 nitrogen and oxygen atoms in total. The van der Waals surface area contributed by atoms with Crippen molar-refractivity contribution in [3.63, 3.8) is 0 Å². The highest BCUT2D eigenvalue weighted by atomic mass is 32.1. The summed E-state index contributed by atoms with van der Waals surface area (Å²) in [6.45, 7) is 8.71. The van der Waals surface area contributed by atoms with Crippen LogP contribution in [0.4, 0.5) is 0 Å². The molecule has 0 unspecified atom stereocenters. The van der Waals surface area contributed by atoms with E-state index < -0.39 is 0 Å². The van der Waals surface area contributed by atoms with E-state index in [9.17, 15) is 4.79 Å². The van der Waals surface area contributed by atoms with Crippen LogP contribution in [0.25, 0.3) is 10.2 Å². The van der Waals surface area contributed by atoms with E-state index in [4.69, 9.17) is 5.26 Å². The number of nitrogens with zero attached hydrogens (tertiary/aromatic N) is 3. The molecule has 0 saturated carbocycles. The second-order valence-electron chi connectivity index (χ2n) is 6.27. The highest BCUT2D eigenvalue weighted by molar-refractivity contribution is 7.16. The Kier molecular flexibility index (Phi) is 5.15. The first kappa shape index (κ1) is 17.8. The molecule has 0 saturated heterocycles. The minimum Gasteiger partial charge on any atom is -0.312 e. The number of amides is 1. The van der Waals surface area contributed by atoms with Crippen LogP contribution >= 0.6 is 11.3 Å². The number of thiazole rings is 1. The summed E-state index contributed by atoms with van der Waals surface area (Å²) in [4.78, 5) is 17.5. The van der Waals surface area contributed by atoms with Crippen LogP contribution < -0.4 is 4.80 Å². The monoisotopic (exact) mass is 361 g/mol. The number of carbonyl (C=O) groups is 1. The highest BCUT2D eigenvalue weighted by Gasteiger charge is 2.10. The molecule has 0 N–H and O–H groups in total. The quantitative estimate of drug-likeness (QED) is 0.636. The SMILES string of the molecule is C=CCn1c(=NC(=O)c2ccc(C#N)cc2)sc2cc(C(C)C)ccc21. The van der Waals surface area contributed by atoms with Gasteiger partial charge in [0.25, 0.3) is 5.91 Å². The molecule has 0 aliphatic rings. The number of hydrogen-bond acceptors (Lipinski definition) is 3. The van der Waals surface area contributed by atoms with E-state index in [1.54, 1.807) is 30.3 Å². The van der Waals surface area contributed by atoms with Crippen molar-refractivity contribution in [3.05, 3.63) is 76.6 Å². The van der Waals surface area contributed by atoms with E-state index in [-0.39, 0.29) is 5.91 Å². The van der Waals surface area contributed by atoms with Gasteiger partial charge in [0.05, 0.1) is 21.8 Å². The van der Waals surface area contributed by atoms with Crippen LogP contribution in [0.3, 0.4) is 0 Å². The second kappa shape index (κ2) is 7.51. The lowest BCUT2D eigenvalue weighted by atomic mass is 10.0. The van der Waals surface area contributed by atoms with Crippen LogP contribution in [-0.4, -0.2) is 10.5 Å². The number of nitriles is 1. The van der Waals surface area contributed by atoms with E-state index in [1.807, 2.05) is 10.6 Å². The van der Waals surface area contributed by atoms with Crippen LogP contribution in [0.2, 0.25) is 0 Å². The number of benzene rings is 2. The molecule has 0 bridgehead atoms. The van der Waals surface area contributed by atoms with Gasteiger partial charge in [0, 0.05) is 12.1 Å². The Morgan fingerprint density at radius 3 is 2.65 bits per heavy atom. The third-order valence-electron chi connectivity index (χ3n) is 4.14. The van der Waals surface area contributed by atoms with Crippen molar-refractivity contribution in [1.29, 1.82) is 5.26 Å². The lowest BCUT2D eigenvalue weighted by Gasteiger charge is -2.05. The third kappa shape index (κ3) is 3.51. The van der Waals surface area contributed by atoms with E-state index in [0.717, 1.165) is 10.2 Å². The second-order valence-corrected chi connectivity index (χ2v) is 7.28. The zero-order valence-electron chi connectivity index (χ0n) is 14.8. The molecular formula is C21H19N3OS. The van der Waals surface area contributed by atoms with Gasteiger partial charge in [-0.05, 0) is 47.9 Å². The molecule has 0 fully saturated rings. The Hall–Kier alpha value is -2.97. The van der Waals surface area contributed by atoms with Gasteiger partial charge in [0.2, 0.25) is 0 Å². The maximum Gasteiger partial charge on any atom is 0.279 e. The fraction of sp³-hybridized carbons (Fsp3) is 0.190. The lowest BCUT2D eigenvalue weighted by molar-refractivity contribution is 0.0998. The molecule has 0 aliphatic carbocycles. The van der Waals surface area contributed by atoms with Crippen molar-refractivity contribution in [1.82, 2.24) is 4.57 Å². The molecule has 0 radical (unpaired) electrons. The maximum absolute atomic E-state index is 12.5. The first-order valence-electron chi connectivity index (χ1n) is 8.37. The molecule has 2 aromatic carbocycles. The van der Waals surface area contributed by atoms with Crippen LogP contribution in [-0.2, 0) is 6.54 Å². The van der Waals surface area contributed by atoms with E-state index >= 15 is 0 Å². The Morgan fingerprint density at radius 2 is 2.04 bits per heavy atom. The standard InChI is InChI=1S/C21H19N3OS/c1-4-11-24-18-10-9-17(14(2)3)12-19(18)26-21(24)23-20(25)16-7-5-15(13-22)6-8-16/h4-10,12,14H,1,11H2,2-3H3. The summed E-state index contributed by atoms with van der Waals surface area (Å²) < 4.78 is 3.10. The van der Waals surface area contributed by atoms with Gasteiger partial charge in [-0.3, -0.25) is 4.79 Å². The van der Waals surface area contributed by atoms with Crippen molar-refractivity contribution >= 4 is 27.5 Å². The van der Waals surface area contributed by atoms with Crippen LogP contribution in [0.5, 0.6) is 0 Å². The summed E-state index contributed by atoms with van der Waals surface area (Å²) in [7, 11) is 0. The van der Waals surface area contributed by atoms with Gasteiger partial charge in [0.15, 0.2) is 4.80 Å². The van der Waals surface area contributed by atoms with Crippen molar-refractivity contribution < 1.29 is 4.79 Å². The zero-order chi connectivity index (χ0) is 18.7. The number of aromatic nitrogens is 1. The zero-order valence-corrected chi connectivity index (χ0v) is 15.6. The minimum atomic E-state index is -0.317. The van der Waals surface area contributed by atoms with E-state index in [1.165, 1.54) is 16.9 Å². The molecule has 0 spiro atoms. The average Bonchev–Trinajstić information content (AvgIpc) is 2.98. The molecule has 5 heteroatoms. The number of hydrogen-bond donors (Lipinski definition) is 0. The molecule has 130 valence electrons. The molecule has 1 heterocycles.